The van der Waals surface area contributed by atoms with Crippen molar-refractivity contribution >= 4 is 0 Å². The molecule has 76 valence electrons. The Morgan fingerprint density at radius 2 is 2.00 bits per heavy atom. The molecular weight excluding hydrogens is 164 g/mol. The lowest BCUT2D eigenvalue weighted by Crippen LogP contribution is -2.62. The van der Waals surface area contributed by atoms with Crippen molar-refractivity contribution in [2.75, 3.05) is 6.54 Å². The van der Waals surface area contributed by atoms with Crippen molar-refractivity contribution in [2.24, 2.45) is 5.73 Å². The Morgan fingerprint density at radius 1 is 1.23 bits per heavy atom. The summed E-state index contributed by atoms with van der Waals surface area (Å²) in [5.74, 6) is 0. The van der Waals surface area contributed by atoms with E-state index in [1.807, 2.05) is 0 Å². The van der Waals surface area contributed by atoms with Crippen LogP contribution in [0.15, 0.2) is 0 Å². The zero-order valence-corrected chi connectivity index (χ0v) is 8.13. The molecule has 2 aliphatic rings. The van der Waals surface area contributed by atoms with Gasteiger partial charge in [-0.25, -0.2) is 0 Å². The van der Waals surface area contributed by atoms with Crippen molar-refractivity contribution in [1.82, 2.24) is 5.32 Å². The third kappa shape index (κ3) is 1.87. The molecule has 0 amide bonds. The van der Waals surface area contributed by atoms with Gasteiger partial charge < -0.3 is 16.2 Å². The van der Waals surface area contributed by atoms with Crippen LogP contribution in [0.5, 0.6) is 0 Å². The monoisotopic (exact) mass is 184 g/mol. The standard InChI is InChI=1S/C10H20N2O/c11-8-6-10(13,7-8)9-4-2-1-3-5-12-9/h8-9,12-13H,1-7,11H2. The highest BCUT2D eigenvalue weighted by Gasteiger charge is 2.46. The van der Waals surface area contributed by atoms with E-state index in [2.05, 4.69) is 5.32 Å². The minimum atomic E-state index is -0.482. The van der Waals surface area contributed by atoms with Crippen LogP contribution in [0.25, 0.3) is 0 Å². The Balaban J connectivity index is 1.91. The van der Waals surface area contributed by atoms with Gasteiger partial charge in [0.05, 0.1) is 5.60 Å². The molecule has 1 aliphatic heterocycles. The van der Waals surface area contributed by atoms with Crippen LogP contribution in [0, 0.1) is 0 Å². The van der Waals surface area contributed by atoms with Gasteiger partial charge in [-0.05, 0) is 32.2 Å². The third-order valence-electron chi connectivity index (χ3n) is 3.44. The first kappa shape index (κ1) is 9.44. The number of rotatable bonds is 1. The molecule has 3 nitrogen and oxygen atoms in total. The van der Waals surface area contributed by atoms with E-state index in [0.29, 0.717) is 6.04 Å². The van der Waals surface area contributed by atoms with Gasteiger partial charge in [0.25, 0.3) is 0 Å². The largest absolute Gasteiger partial charge is 0.388 e. The lowest BCUT2D eigenvalue weighted by molar-refractivity contribution is -0.0772. The van der Waals surface area contributed by atoms with Gasteiger partial charge in [0.15, 0.2) is 0 Å². The summed E-state index contributed by atoms with van der Waals surface area (Å²) in [6.07, 6.45) is 6.47. The van der Waals surface area contributed by atoms with E-state index in [1.54, 1.807) is 0 Å². The van der Waals surface area contributed by atoms with E-state index in [4.69, 9.17) is 5.73 Å². The molecule has 2 rings (SSSR count). The van der Waals surface area contributed by atoms with E-state index in [0.717, 1.165) is 25.8 Å². The summed E-state index contributed by atoms with van der Waals surface area (Å²) in [5.41, 5.74) is 5.23. The molecule has 1 aliphatic carbocycles. The van der Waals surface area contributed by atoms with Crippen LogP contribution in [0.1, 0.15) is 38.5 Å². The van der Waals surface area contributed by atoms with E-state index < -0.39 is 5.60 Å². The van der Waals surface area contributed by atoms with Gasteiger partial charge in [-0.3, -0.25) is 0 Å². The van der Waals surface area contributed by atoms with Gasteiger partial charge in [-0.1, -0.05) is 12.8 Å². The first-order valence-electron chi connectivity index (χ1n) is 5.42. The summed E-state index contributed by atoms with van der Waals surface area (Å²) in [4.78, 5) is 0. The zero-order valence-electron chi connectivity index (χ0n) is 8.13. The number of aliphatic hydroxyl groups is 1. The average Bonchev–Trinajstić information content (AvgIpc) is 2.28. The van der Waals surface area contributed by atoms with Crippen LogP contribution in [-0.2, 0) is 0 Å². The zero-order chi connectivity index (χ0) is 9.31. The second-order valence-electron chi connectivity index (χ2n) is 4.63. The number of nitrogens with two attached hydrogens (primary N) is 1. The lowest BCUT2D eigenvalue weighted by Gasteiger charge is -2.47. The molecule has 0 aromatic rings. The van der Waals surface area contributed by atoms with Crippen LogP contribution in [0.3, 0.4) is 0 Å². The molecule has 0 aromatic heterocycles. The van der Waals surface area contributed by atoms with E-state index >= 15 is 0 Å². The first-order valence-corrected chi connectivity index (χ1v) is 5.42. The number of hydrogen-bond donors (Lipinski definition) is 3. The predicted octanol–water partition coefficient (Wildman–Crippen LogP) is 0.371. The Morgan fingerprint density at radius 3 is 2.69 bits per heavy atom. The Bertz CT molecular complexity index is 170. The molecule has 3 heteroatoms. The van der Waals surface area contributed by atoms with Crippen molar-refractivity contribution in [3.63, 3.8) is 0 Å². The Hall–Kier alpha value is -0.120. The van der Waals surface area contributed by atoms with Crippen molar-refractivity contribution in [3.05, 3.63) is 0 Å². The van der Waals surface area contributed by atoms with E-state index in [1.165, 1.54) is 19.3 Å². The summed E-state index contributed by atoms with van der Waals surface area (Å²) >= 11 is 0. The lowest BCUT2D eigenvalue weighted by atomic mass is 9.70. The smallest absolute Gasteiger partial charge is 0.0829 e. The van der Waals surface area contributed by atoms with Gasteiger partial charge in [0.2, 0.25) is 0 Å². The highest BCUT2D eigenvalue weighted by Crippen LogP contribution is 2.36. The van der Waals surface area contributed by atoms with Crippen LogP contribution in [0.2, 0.25) is 0 Å². The number of hydrogen-bond acceptors (Lipinski definition) is 3. The van der Waals surface area contributed by atoms with Gasteiger partial charge in [-0.2, -0.15) is 0 Å². The van der Waals surface area contributed by atoms with Gasteiger partial charge in [0, 0.05) is 12.1 Å². The normalized spacial score (nSPS) is 46.6. The Kier molecular flexibility index (Phi) is 2.58. The maximum absolute atomic E-state index is 10.2. The van der Waals surface area contributed by atoms with Gasteiger partial charge >= 0.3 is 0 Å². The Labute approximate surface area is 79.7 Å². The molecule has 4 N–H and O–H groups in total. The van der Waals surface area contributed by atoms with Crippen LogP contribution in [-0.4, -0.2) is 29.3 Å². The summed E-state index contributed by atoms with van der Waals surface area (Å²) in [5, 5.41) is 13.6. The van der Waals surface area contributed by atoms with Crippen molar-refractivity contribution < 1.29 is 5.11 Å². The summed E-state index contributed by atoms with van der Waals surface area (Å²) in [6, 6.07) is 0.532. The van der Waals surface area contributed by atoms with Gasteiger partial charge in [0.1, 0.15) is 0 Å². The second-order valence-corrected chi connectivity index (χ2v) is 4.63. The van der Waals surface area contributed by atoms with Gasteiger partial charge in [-0.15, -0.1) is 0 Å². The maximum Gasteiger partial charge on any atom is 0.0829 e. The van der Waals surface area contributed by atoms with Crippen LogP contribution >= 0.6 is 0 Å². The fraction of sp³-hybridized carbons (Fsp3) is 1.00. The molecule has 1 heterocycles. The minimum Gasteiger partial charge on any atom is -0.388 e. The topological polar surface area (TPSA) is 58.3 Å². The maximum atomic E-state index is 10.2. The van der Waals surface area contributed by atoms with E-state index in [9.17, 15) is 5.11 Å². The molecular formula is C10H20N2O. The fourth-order valence-corrected chi connectivity index (χ4v) is 2.62. The summed E-state index contributed by atoms with van der Waals surface area (Å²) in [7, 11) is 0. The van der Waals surface area contributed by atoms with E-state index in [-0.39, 0.29) is 6.04 Å². The fourth-order valence-electron chi connectivity index (χ4n) is 2.62. The van der Waals surface area contributed by atoms with Crippen LogP contribution < -0.4 is 11.1 Å². The number of nitrogens with one attached hydrogen (secondary N) is 1. The second kappa shape index (κ2) is 3.56. The van der Waals surface area contributed by atoms with Crippen molar-refractivity contribution in [3.8, 4) is 0 Å². The average molecular weight is 184 g/mol. The molecule has 1 atom stereocenters. The molecule has 1 unspecified atom stereocenters. The molecule has 1 saturated carbocycles. The highest BCUT2D eigenvalue weighted by molar-refractivity contribution is 5.04. The first-order chi connectivity index (χ1) is 6.21. The molecule has 13 heavy (non-hydrogen) atoms. The quantitative estimate of drug-likeness (QED) is 0.552. The van der Waals surface area contributed by atoms with Crippen molar-refractivity contribution in [1.29, 1.82) is 0 Å². The molecule has 0 aromatic carbocycles. The molecule has 0 spiro atoms. The molecule has 1 saturated heterocycles. The minimum absolute atomic E-state index is 0.232. The summed E-state index contributed by atoms with van der Waals surface area (Å²) in [6.45, 7) is 1.06. The molecule has 2 fully saturated rings. The molecule has 0 bridgehead atoms. The highest BCUT2D eigenvalue weighted by atomic mass is 16.3. The van der Waals surface area contributed by atoms with Crippen molar-refractivity contribution in [2.45, 2.75) is 56.2 Å². The third-order valence-corrected chi connectivity index (χ3v) is 3.44. The molecule has 0 radical (unpaired) electrons. The predicted molar refractivity (Wildman–Crippen MR) is 52.4 cm³/mol. The van der Waals surface area contributed by atoms with Crippen LogP contribution in [0.4, 0.5) is 0 Å². The SMILES string of the molecule is NC1CC(O)(C2CCCCCN2)C1. The summed E-state index contributed by atoms with van der Waals surface area (Å²) < 4.78 is 0.